The molecule has 0 aromatic heterocycles. The molecule has 1 aliphatic rings. The van der Waals surface area contributed by atoms with Crippen LogP contribution in [0.25, 0.3) is 0 Å². The quantitative estimate of drug-likeness (QED) is 0.606. The van der Waals surface area contributed by atoms with Crippen LogP contribution in [0.2, 0.25) is 0 Å². The van der Waals surface area contributed by atoms with Gasteiger partial charge in [-0.15, -0.1) is 0 Å². The van der Waals surface area contributed by atoms with E-state index in [9.17, 15) is 9.59 Å². The molecule has 1 N–H and O–H groups in total. The Morgan fingerprint density at radius 1 is 1.06 bits per heavy atom. The summed E-state index contributed by atoms with van der Waals surface area (Å²) in [6.45, 7) is 9.99. The van der Waals surface area contributed by atoms with E-state index >= 15 is 0 Å². The van der Waals surface area contributed by atoms with E-state index in [1.165, 1.54) is 5.56 Å². The molecule has 0 bridgehead atoms. The summed E-state index contributed by atoms with van der Waals surface area (Å²) < 4.78 is 15.6. The summed E-state index contributed by atoms with van der Waals surface area (Å²) in [5.74, 6) is 1.44. The number of hydrogen-bond acceptors (Lipinski definition) is 5. The second-order valence-electron chi connectivity index (χ2n) is 9.57. The summed E-state index contributed by atoms with van der Waals surface area (Å²) in [5, 5.41) is 2.58. The first-order valence-electron chi connectivity index (χ1n) is 11.5. The van der Waals surface area contributed by atoms with Crippen molar-refractivity contribution in [2.75, 3.05) is 27.3 Å². The van der Waals surface area contributed by atoms with E-state index in [1.54, 1.807) is 20.3 Å². The van der Waals surface area contributed by atoms with Gasteiger partial charge in [-0.25, -0.2) is 4.79 Å². The lowest BCUT2D eigenvalue weighted by molar-refractivity contribution is -0.109. The van der Waals surface area contributed by atoms with Crippen LogP contribution in [-0.4, -0.2) is 50.3 Å². The molecule has 7 heteroatoms. The van der Waals surface area contributed by atoms with Crippen molar-refractivity contribution in [1.82, 2.24) is 10.2 Å². The van der Waals surface area contributed by atoms with Crippen molar-refractivity contribution in [3.63, 3.8) is 0 Å². The first-order chi connectivity index (χ1) is 16.1. The number of benzene rings is 2. The summed E-state index contributed by atoms with van der Waals surface area (Å²) in [6.07, 6.45) is 2.43. The Morgan fingerprint density at radius 2 is 1.71 bits per heavy atom. The fourth-order valence-electron chi connectivity index (χ4n) is 3.79. The smallest absolute Gasteiger partial charge is 0.410 e. The van der Waals surface area contributed by atoms with E-state index in [2.05, 4.69) is 36.5 Å². The molecule has 0 saturated carbocycles. The molecule has 1 fully saturated rings. The predicted octanol–water partition coefficient (Wildman–Crippen LogP) is 4.93. The van der Waals surface area contributed by atoms with E-state index in [4.69, 9.17) is 14.2 Å². The average molecular weight is 471 g/mol. The Morgan fingerprint density at radius 3 is 2.24 bits per heavy atom. The molecule has 2 amide bonds. The number of ether oxygens (including phenoxy) is 3. The van der Waals surface area contributed by atoms with E-state index in [0.717, 1.165) is 37.2 Å². The van der Waals surface area contributed by atoms with E-state index < -0.39 is 5.60 Å². The normalized spacial score (nSPS) is 14.8. The number of likely N-dealkylation sites (tertiary alicyclic amines) is 1. The van der Waals surface area contributed by atoms with Gasteiger partial charge < -0.3 is 24.4 Å². The molecule has 2 aromatic rings. The Balaban J connectivity index is 0.000000257. The molecule has 1 aliphatic heterocycles. The zero-order valence-electron chi connectivity index (χ0n) is 21.2. The molecule has 7 nitrogen and oxygen atoms in total. The average Bonchev–Trinajstić information content (AvgIpc) is 2.83. The van der Waals surface area contributed by atoms with Gasteiger partial charge in [-0.2, -0.15) is 0 Å². The Kier molecular flexibility index (Phi) is 9.78. The summed E-state index contributed by atoms with van der Waals surface area (Å²) in [6, 6.07) is 16.0. The highest BCUT2D eigenvalue weighted by Gasteiger charge is 2.34. The number of carbonyl (C=O) groups excluding carboxylic acids is 2. The highest BCUT2D eigenvalue weighted by molar-refractivity contribution is 5.68. The molecule has 0 radical (unpaired) electrons. The van der Waals surface area contributed by atoms with Crippen molar-refractivity contribution < 1.29 is 23.8 Å². The van der Waals surface area contributed by atoms with Gasteiger partial charge in [0.15, 0.2) is 0 Å². The maximum atomic E-state index is 12.1. The summed E-state index contributed by atoms with van der Waals surface area (Å²) >= 11 is 0. The number of methoxy groups -OCH3 is 2. The van der Waals surface area contributed by atoms with Crippen molar-refractivity contribution in [3.8, 4) is 11.5 Å². The van der Waals surface area contributed by atoms with Crippen molar-refractivity contribution >= 4 is 12.5 Å². The molecule has 0 unspecified atom stereocenters. The number of piperidine rings is 1. The molecule has 0 aliphatic carbocycles. The van der Waals surface area contributed by atoms with E-state index in [0.29, 0.717) is 18.7 Å². The second-order valence-corrected chi connectivity index (χ2v) is 9.57. The van der Waals surface area contributed by atoms with Crippen LogP contribution < -0.4 is 14.8 Å². The van der Waals surface area contributed by atoms with Gasteiger partial charge in [0.25, 0.3) is 0 Å². The molecule has 0 atom stereocenters. The fourth-order valence-corrected chi connectivity index (χ4v) is 3.79. The van der Waals surface area contributed by atoms with E-state index in [1.807, 2.05) is 43.9 Å². The molecule has 1 saturated heterocycles. The number of carbonyl (C=O) groups is 2. The van der Waals surface area contributed by atoms with Crippen molar-refractivity contribution in [1.29, 1.82) is 0 Å². The van der Waals surface area contributed by atoms with Gasteiger partial charge >= 0.3 is 6.09 Å². The zero-order valence-corrected chi connectivity index (χ0v) is 21.2. The van der Waals surface area contributed by atoms with Gasteiger partial charge in [-0.3, -0.25) is 4.79 Å². The van der Waals surface area contributed by atoms with Gasteiger partial charge in [0.05, 0.1) is 14.2 Å². The molecular formula is C27H38N2O5. The number of nitrogens with one attached hydrogen (secondary N) is 1. The Hall–Kier alpha value is -3.22. The third kappa shape index (κ3) is 7.97. The Labute approximate surface area is 203 Å². The van der Waals surface area contributed by atoms with Gasteiger partial charge in [0.1, 0.15) is 17.1 Å². The van der Waals surface area contributed by atoms with Crippen LogP contribution in [-0.2, 0) is 21.5 Å². The number of nitrogens with zero attached hydrogens (tertiary/aromatic N) is 1. The number of amides is 2. The fraction of sp³-hybridized carbons (Fsp3) is 0.481. The standard InChI is InChI=1S/C17H25NO2.C10H13NO3/c1-16(2,3)20-15(19)18-12-10-17(4,11-13-18)14-8-6-5-7-9-14;1-13-9-4-3-8(6-11-7-12)10(5-9)14-2/h5-9H,10-13H2,1-4H3;3-5,7H,6H2,1-2H3,(H,11,12). The molecule has 186 valence electrons. The van der Waals surface area contributed by atoms with Crippen LogP contribution in [0, 0.1) is 0 Å². The second kappa shape index (κ2) is 12.3. The minimum atomic E-state index is -0.419. The molecule has 2 aromatic carbocycles. The molecule has 3 rings (SSSR count). The van der Waals surface area contributed by atoms with Crippen molar-refractivity contribution in [3.05, 3.63) is 59.7 Å². The van der Waals surface area contributed by atoms with Crippen molar-refractivity contribution in [2.24, 2.45) is 0 Å². The SMILES string of the molecule is CC(C)(C)OC(=O)N1CCC(C)(c2ccccc2)CC1.COc1ccc(CNC=O)c(OC)c1. The highest BCUT2D eigenvalue weighted by atomic mass is 16.6. The third-order valence-electron chi connectivity index (χ3n) is 5.86. The zero-order chi connectivity index (χ0) is 25.2. The highest BCUT2D eigenvalue weighted by Crippen LogP contribution is 2.35. The van der Waals surface area contributed by atoms with Crippen LogP contribution in [0.15, 0.2) is 48.5 Å². The summed E-state index contributed by atoms with van der Waals surface area (Å²) in [7, 11) is 3.18. The molecule has 1 heterocycles. The maximum absolute atomic E-state index is 12.1. The first kappa shape index (κ1) is 27.0. The molecule has 0 spiro atoms. The first-order valence-corrected chi connectivity index (χ1v) is 11.5. The topological polar surface area (TPSA) is 77.1 Å². The largest absolute Gasteiger partial charge is 0.497 e. The molecular weight excluding hydrogens is 432 g/mol. The monoisotopic (exact) mass is 470 g/mol. The van der Waals surface area contributed by atoms with Crippen molar-refractivity contribution in [2.45, 2.75) is 58.1 Å². The minimum absolute atomic E-state index is 0.166. The van der Waals surface area contributed by atoms with Gasteiger partial charge in [0.2, 0.25) is 6.41 Å². The van der Waals surface area contributed by atoms with Gasteiger partial charge in [-0.05, 0) is 56.7 Å². The van der Waals surface area contributed by atoms with Crippen LogP contribution >= 0.6 is 0 Å². The van der Waals surface area contributed by atoms with E-state index in [-0.39, 0.29) is 11.5 Å². The van der Waals surface area contributed by atoms with Crippen LogP contribution in [0.5, 0.6) is 11.5 Å². The minimum Gasteiger partial charge on any atom is -0.497 e. The lowest BCUT2D eigenvalue weighted by Crippen LogP contribution is -2.45. The predicted molar refractivity (Wildman–Crippen MR) is 133 cm³/mol. The van der Waals surface area contributed by atoms with Crippen LogP contribution in [0.4, 0.5) is 4.79 Å². The summed E-state index contributed by atoms with van der Waals surface area (Å²) in [5.41, 5.74) is 2.03. The van der Waals surface area contributed by atoms with Gasteiger partial charge in [0, 0.05) is 31.3 Å². The van der Waals surface area contributed by atoms with Gasteiger partial charge in [-0.1, -0.05) is 37.3 Å². The van der Waals surface area contributed by atoms with Crippen LogP contribution in [0.1, 0.15) is 51.7 Å². The number of hydrogen-bond donors (Lipinski definition) is 1. The lowest BCUT2D eigenvalue weighted by atomic mass is 9.75. The Bertz CT molecular complexity index is 916. The number of rotatable bonds is 6. The molecule has 34 heavy (non-hydrogen) atoms. The lowest BCUT2D eigenvalue weighted by Gasteiger charge is -2.40. The third-order valence-corrected chi connectivity index (χ3v) is 5.86. The summed E-state index contributed by atoms with van der Waals surface area (Å²) in [4.78, 5) is 24.0. The van der Waals surface area contributed by atoms with Crippen LogP contribution in [0.3, 0.4) is 0 Å². The maximum Gasteiger partial charge on any atom is 0.410 e.